The quantitative estimate of drug-likeness (QED) is 0.619. The average molecular weight is 491 g/mol. The van der Waals surface area contributed by atoms with Gasteiger partial charge in [-0.3, -0.25) is 4.79 Å². The van der Waals surface area contributed by atoms with Crippen molar-refractivity contribution in [3.8, 4) is 17.6 Å². The molecule has 0 saturated heterocycles. The molecule has 0 bridgehead atoms. The molecular weight excluding hydrogens is 452 g/mol. The number of rotatable bonds is 6. The van der Waals surface area contributed by atoms with Crippen molar-refractivity contribution in [2.45, 2.75) is 76.3 Å². The molecule has 2 aliphatic rings. The Bertz CT molecular complexity index is 1020. The maximum atomic E-state index is 13.5. The van der Waals surface area contributed by atoms with Gasteiger partial charge in [-0.25, -0.2) is 8.42 Å². The minimum absolute atomic E-state index is 0.00202. The summed E-state index contributed by atoms with van der Waals surface area (Å²) in [5, 5.41) is 9.75. The first-order valence-electron chi connectivity index (χ1n) is 12.3. The molecule has 0 unspecified atom stereocenters. The van der Waals surface area contributed by atoms with Crippen LogP contribution in [0.5, 0.6) is 5.75 Å². The van der Waals surface area contributed by atoms with Crippen LogP contribution in [-0.2, 0) is 14.8 Å². The van der Waals surface area contributed by atoms with Crippen LogP contribution < -0.4 is 4.74 Å². The second-order valence-electron chi connectivity index (χ2n) is 9.69. The van der Waals surface area contributed by atoms with E-state index < -0.39 is 22.2 Å². The first kappa shape index (κ1) is 26.5. The summed E-state index contributed by atoms with van der Waals surface area (Å²) < 4.78 is 34.7. The second-order valence-corrected chi connectivity index (χ2v) is 11.5. The monoisotopic (exact) mass is 490 g/mol. The molecule has 34 heavy (non-hydrogen) atoms. The van der Waals surface area contributed by atoms with Gasteiger partial charge >= 0.3 is 0 Å². The molecule has 1 fully saturated rings. The van der Waals surface area contributed by atoms with Gasteiger partial charge in [-0.05, 0) is 43.9 Å². The average Bonchev–Trinajstić information content (AvgIpc) is 3.33. The Morgan fingerprint density at radius 2 is 2.03 bits per heavy atom. The van der Waals surface area contributed by atoms with Crippen molar-refractivity contribution in [3.63, 3.8) is 0 Å². The van der Waals surface area contributed by atoms with Crippen molar-refractivity contribution >= 4 is 15.9 Å². The van der Waals surface area contributed by atoms with E-state index in [-0.39, 0.29) is 35.6 Å². The summed E-state index contributed by atoms with van der Waals surface area (Å²) in [4.78, 5) is 13.9. The first-order chi connectivity index (χ1) is 16.2. The highest BCUT2D eigenvalue weighted by molar-refractivity contribution is 7.89. The first-order valence-corrected chi connectivity index (χ1v) is 13.8. The molecule has 3 atom stereocenters. The molecular formula is C26H38N2O5S. The third-order valence-corrected chi connectivity index (χ3v) is 8.97. The molecule has 1 aromatic rings. The lowest BCUT2D eigenvalue weighted by Gasteiger charge is -2.37. The lowest BCUT2D eigenvalue weighted by molar-refractivity contribution is -0.131. The Labute approximate surface area is 204 Å². The molecule has 1 saturated carbocycles. The fraction of sp³-hybridized carbons (Fsp3) is 0.654. The van der Waals surface area contributed by atoms with Crippen LogP contribution in [0.3, 0.4) is 0 Å². The number of likely N-dealkylation sites (N-methyl/N-ethyl adjacent to an activating group) is 1. The molecule has 188 valence electrons. The summed E-state index contributed by atoms with van der Waals surface area (Å²) >= 11 is 0. The summed E-state index contributed by atoms with van der Waals surface area (Å²) in [6, 6.07) is 4.38. The Morgan fingerprint density at radius 1 is 1.32 bits per heavy atom. The number of aliphatic hydroxyl groups is 1. The molecule has 8 heteroatoms. The number of carbonyl (C=O) groups is 1. The van der Waals surface area contributed by atoms with Gasteiger partial charge in [-0.15, -0.1) is 0 Å². The number of fused-ring (bicyclic) bond motifs is 1. The van der Waals surface area contributed by atoms with Crippen LogP contribution in [0, 0.1) is 23.7 Å². The van der Waals surface area contributed by atoms with E-state index in [1.807, 2.05) is 13.8 Å². The lowest BCUT2D eigenvalue weighted by Crippen LogP contribution is -2.50. The maximum absolute atomic E-state index is 13.5. The van der Waals surface area contributed by atoms with E-state index in [2.05, 4.69) is 11.8 Å². The predicted octanol–water partition coefficient (Wildman–Crippen LogP) is 3.26. The maximum Gasteiger partial charge on any atom is 0.247 e. The van der Waals surface area contributed by atoms with Gasteiger partial charge in [0.2, 0.25) is 15.9 Å². The summed E-state index contributed by atoms with van der Waals surface area (Å²) in [5.41, 5.74) is 0.707. The van der Waals surface area contributed by atoms with Crippen molar-refractivity contribution in [3.05, 3.63) is 23.8 Å². The zero-order valence-electron chi connectivity index (χ0n) is 20.8. The third kappa shape index (κ3) is 6.12. The van der Waals surface area contributed by atoms with Gasteiger partial charge in [0.05, 0.1) is 13.2 Å². The van der Waals surface area contributed by atoms with Crippen LogP contribution in [-0.4, -0.2) is 67.5 Å². The lowest BCUT2D eigenvalue weighted by atomic mass is 10.0. The highest BCUT2D eigenvalue weighted by Gasteiger charge is 2.38. The zero-order chi connectivity index (χ0) is 24.9. The second kappa shape index (κ2) is 11.6. The molecule has 1 amide bonds. The Balaban J connectivity index is 1.97. The van der Waals surface area contributed by atoms with E-state index in [0.717, 1.165) is 6.42 Å². The standard InChI is InChI=1S/C26H38N2O5S/c1-5-26(30)27(4)17-24-19(2)16-28(20(3)18-29)34(31,32)25-14-13-22(15-23(25)33-24)12-8-11-21-9-6-7-10-21/h13-15,19-21,24,29H,5-7,9-11,16-18H2,1-4H3/t19-,20-,24-/m1/s1. The van der Waals surface area contributed by atoms with Gasteiger partial charge in [-0.1, -0.05) is 38.5 Å². The number of nitrogens with zero attached hydrogens (tertiary/aromatic N) is 2. The van der Waals surface area contributed by atoms with Gasteiger partial charge in [0, 0.05) is 44.0 Å². The Hall–Kier alpha value is -2.08. The van der Waals surface area contributed by atoms with Crippen LogP contribution in [0.2, 0.25) is 0 Å². The van der Waals surface area contributed by atoms with E-state index >= 15 is 0 Å². The van der Waals surface area contributed by atoms with E-state index in [9.17, 15) is 18.3 Å². The molecule has 1 heterocycles. The number of ether oxygens (including phenoxy) is 1. The number of benzene rings is 1. The van der Waals surface area contributed by atoms with Crippen LogP contribution >= 0.6 is 0 Å². The van der Waals surface area contributed by atoms with Crippen molar-refractivity contribution in [1.29, 1.82) is 0 Å². The van der Waals surface area contributed by atoms with Crippen molar-refractivity contribution < 1.29 is 23.1 Å². The van der Waals surface area contributed by atoms with Gasteiger partial charge < -0.3 is 14.7 Å². The molecule has 1 aromatic carbocycles. The van der Waals surface area contributed by atoms with E-state index in [1.165, 1.54) is 30.0 Å². The number of hydrogen-bond acceptors (Lipinski definition) is 5. The van der Waals surface area contributed by atoms with Crippen LogP contribution in [0.15, 0.2) is 23.1 Å². The molecule has 7 nitrogen and oxygen atoms in total. The van der Waals surface area contributed by atoms with Gasteiger partial charge in [0.1, 0.15) is 16.7 Å². The fourth-order valence-electron chi connectivity index (χ4n) is 4.67. The summed E-state index contributed by atoms with van der Waals surface area (Å²) in [6.45, 7) is 5.66. The zero-order valence-corrected chi connectivity index (χ0v) is 21.6. The normalized spacial score (nSPS) is 23.6. The molecule has 0 aromatic heterocycles. The van der Waals surface area contributed by atoms with E-state index in [0.29, 0.717) is 24.4 Å². The number of aliphatic hydroxyl groups excluding tert-OH is 1. The number of carbonyl (C=O) groups excluding carboxylic acids is 1. The molecule has 1 N–H and O–H groups in total. The Morgan fingerprint density at radius 3 is 2.68 bits per heavy atom. The minimum atomic E-state index is -3.89. The summed E-state index contributed by atoms with van der Waals surface area (Å²) in [7, 11) is -2.16. The summed E-state index contributed by atoms with van der Waals surface area (Å²) in [5.74, 6) is 7.13. The topological polar surface area (TPSA) is 87.2 Å². The van der Waals surface area contributed by atoms with Crippen molar-refractivity contribution in [2.75, 3.05) is 26.7 Å². The fourth-order valence-corrected chi connectivity index (χ4v) is 6.50. The molecule has 0 spiro atoms. The van der Waals surface area contributed by atoms with Gasteiger partial charge in [-0.2, -0.15) is 4.31 Å². The van der Waals surface area contributed by atoms with Crippen LogP contribution in [0.4, 0.5) is 0 Å². The third-order valence-electron chi connectivity index (χ3n) is 6.95. The largest absolute Gasteiger partial charge is 0.487 e. The number of sulfonamides is 1. The molecule has 0 radical (unpaired) electrons. The summed E-state index contributed by atoms with van der Waals surface area (Å²) in [6.07, 6.45) is 5.82. The molecule has 1 aliphatic carbocycles. The van der Waals surface area contributed by atoms with Crippen molar-refractivity contribution in [2.24, 2.45) is 11.8 Å². The van der Waals surface area contributed by atoms with Crippen LogP contribution in [0.1, 0.15) is 64.9 Å². The highest BCUT2D eigenvalue weighted by Crippen LogP contribution is 2.34. The highest BCUT2D eigenvalue weighted by atomic mass is 32.2. The molecule has 3 rings (SSSR count). The van der Waals surface area contributed by atoms with Crippen LogP contribution in [0.25, 0.3) is 0 Å². The Kier molecular flexibility index (Phi) is 9.02. The van der Waals surface area contributed by atoms with E-state index in [1.54, 1.807) is 37.1 Å². The molecule has 1 aliphatic heterocycles. The van der Waals surface area contributed by atoms with E-state index in [4.69, 9.17) is 4.74 Å². The number of hydrogen-bond donors (Lipinski definition) is 1. The number of amides is 1. The van der Waals surface area contributed by atoms with Gasteiger partial charge in [0.15, 0.2) is 0 Å². The van der Waals surface area contributed by atoms with Crippen molar-refractivity contribution in [1.82, 2.24) is 9.21 Å². The smallest absolute Gasteiger partial charge is 0.247 e. The predicted molar refractivity (Wildman–Crippen MR) is 132 cm³/mol. The minimum Gasteiger partial charge on any atom is -0.487 e. The van der Waals surface area contributed by atoms with Gasteiger partial charge in [0.25, 0.3) is 0 Å². The SMILES string of the molecule is CCC(=O)N(C)C[C@H]1Oc2cc(C#CCC3CCCC3)ccc2S(=O)(=O)N([C@H](C)CO)C[C@H]1C.